The van der Waals surface area contributed by atoms with Gasteiger partial charge >= 0.3 is 0 Å². The number of halogens is 3. The van der Waals surface area contributed by atoms with Gasteiger partial charge in [-0.05, 0) is 42.3 Å². The summed E-state index contributed by atoms with van der Waals surface area (Å²) in [5, 5.41) is 4.13. The van der Waals surface area contributed by atoms with Gasteiger partial charge in [0.15, 0.2) is 0 Å². The molecule has 3 rings (SSSR count). The first-order valence-electron chi connectivity index (χ1n) is 7.05. The molecule has 0 saturated heterocycles. The third-order valence-electron chi connectivity index (χ3n) is 3.54. The number of alkyl halides is 2. The second-order valence-electron chi connectivity index (χ2n) is 5.25. The van der Waals surface area contributed by atoms with E-state index in [4.69, 9.17) is 0 Å². The maximum absolute atomic E-state index is 13.4. The van der Waals surface area contributed by atoms with Gasteiger partial charge in [0.2, 0.25) is 0 Å². The standard InChI is InChI=1S/C17H14F3N3/c1-11-7-12(10-23-6-2-5-22-23)9-21-16(11)13-3-4-15(18)14(8-13)17(19)20/h2-9,17H,10H2,1H3. The van der Waals surface area contributed by atoms with Crippen molar-refractivity contribution >= 4 is 0 Å². The van der Waals surface area contributed by atoms with Crippen LogP contribution in [0.5, 0.6) is 0 Å². The van der Waals surface area contributed by atoms with Crippen LogP contribution in [0.4, 0.5) is 13.2 Å². The van der Waals surface area contributed by atoms with E-state index >= 15 is 0 Å². The van der Waals surface area contributed by atoms with E-state index in [1.165, 1.54) is 6.07 Å². The average Bonchev–Trinajstić information content (AvgIpc) is 3.01. The number of aromatic nitrogens is 3. The molecule has 3 nitrogen and oxygen atoms in total. The lowest BCUT2D eigenvalue weighted by Gasteiger charge is -2.10. The van der Waals surface area contributed by atoms with E-state index in [0.717, 1.165) is 23.3 Å². The van der Waals surface area contributed by atoms with E-state index in [1.54, 1.807) is 17.1 Å². The summed E-state index contributed by atoms with van der Waals surface area (Å²) in [5.74, 6) is -0.906. The maximum atomic E-state index is 13.4. The molecule has 0 aliphatic rings. The van der Waals surface area contributed by atoms with E-state index in [-0.39, 0.29) is 0 Å². The molecule has 0 radical (unpaired) electrons. The highest BCUT2D eigenvalue weighted by Crippen LogP contribution is 2.29. The summed E-state index contributed by atoms with van der Waals surface area (Å²) >= 11 is 0. The quantitative estimate of drug-likeness (QED) is 0.715. The Bertz CT molecular complexity index is 814. The van der Waals surface area contributed by atoms with Crippen LogP contribution in [0, 0.1) is 12.7 Å². The first kappa shape index (κ1) is 15.3. The lowest BCUT2D eigenvalue weighted by Crippen LogP contribution is -2.02. The Hall–Kier alpha value is -2.63. The summed E-state index contributed by atoms with van der Waals surface area (Å²) in [6, 6.07) is 7.43. The molecule has 0 spiro atoms. The van der Waals surface area contributed by atoms with Crippen molar-refractivity contribution in [3.8, 4) is 11.3 Å². The maximum Gasteiger partial charge on any atom is 0.266 e. The van der Waals surface area contributed by atoms with Crippen LogP contribution in [-0.2, 0) is 6.54 Å². The summed E-state index contributed by atoms with van der Waals surface area (Å²) in [4.78, 5) is 4.35. The third-order valence-corrected chi connectivity index (χ3v) is 3.54. The molecular weight excluding hydrogens is 303 g/mol. The van der Waals surface area contributed by atoms with Crippen molar-refractivity contribution in [1.29, 1.82) is 0 Å². The van der Waals surface area contributed by atoms with Crippen molar-refractivity contribution in [2.75, 3.05) is 0 Å². The highest BCUT2D eigenvalue weighted by atomic mass is 19.3. The van der Waals surface area contributed by atoms with Crippen molar-refractivity contribution in [2.24, 2.45) is 0 Å². The number of rotatable bonds is 4. The van der Waals surface area contributed by atoms with Gasteiger partial charge in [-0.3, -0.25) is 9.67 Å². The Balaban J connectivity index is 1.93. The lowest BCUT2D eigenvalue weighted by molar-refractivity contribution is 0.146. The van der Waals surface area contributed by atoms with E-state index in [2.05, 4.69) is 10.1 Å². The van der Waals surface area contributed by atoms with Crippen molar-refractivity contribution in [3.63, 3.8) is 0 Å². The van der Waals surface area contributed by atoms with Gasteiger partial charge in [0.1, 0.15) is 5.82 Å². The number of benzene rings is 1. The zero-order chi connectivity index (χ0) is 16.4. The molecule has 0 aliphatic heterocycles. The monoisotopic (exact) mass is 317 g/mol. The van der Waals surface area contributed by atoms with Gasteiger partial charge < -0.3 is 0 Å². The summed E-state index contributed by atoms with van der Waals surface area (Å²) < 4.78 is 40.8. The lowest BCUT2D eigenvalue weighted by atomic mass is 10.0. The number of hydrogen-bond donors (Lipinski definition) is 0. The smallest absolute Gasteiger partial charge is 0.266 e. The first-order valence-corrected chi connectivity index (χ1v) is 7.05. The van der Waals surface area contributed by atoms with Gasteiger partial charge in [-0.25, -0.2) is 13.2 Å². The molecule has 0 bridgehead atoms. The predicted molar refractivity (Wildman–Crippen MR) is 80.7 cm³/mol. The number of nitrogens with zero attached hydrogens (tertiary/aromatic N) is 3. The van der Waals surface area contributed by atoms with Crippen molar-refractivity contribution in [1.82, 2.24) is 14.8 Å². The van der Waals surface area contributed by atoms with Crippen LogP contribution in [0.3, 0.4) is 0 Å². The molecule has 2 aromatic heterocycles. The van der Waals surface area contributed by atoms with Crippen LogP contribution >= 0.6 is 0 Å². The second kappa shape index (κ2) is 6.24. The molecule has 0 atom stereocenters. The Morgan fingerprint density at radius 2 is 2.04 bits per heavy atom. The second-order valence-corrected chi connectivity index (χ2v) is 5.25. The van der Waals surface area contributed by atoms with Gasteiger partial charge in [0.25, 0.3) is 6.43 Å². The minimum absolute atomic E-state index is 0.477. The summed E-state index contributed by atoms with van der Waals surface area (Å²) in [6.45, 7) is 2.42. The fraction of sp³-hybridized carbons (Fsp3) is 0.176. The molecule has 0 unspecified atom stereocenters. The van der Waals surface area contributed by atoms with Crippen molar-refractivity contribution < 1.29 is 13.2 Å². The van der Waals surface area contributed by atoms with Crippen molar-refractivity contribution in [3.05, 3.63) is 71.4 Å². The molecule has 0 aliphatic carbocycles. The molecule has 23 heavy (non-hydrogen) atoms. The number of pyridine rings is 1. The normalized spacial score (nSPS) is 11.2. The number of hydrogen-bond acceptors (Lipinski definition) is 2. The van der Waals surface area contributed by atoms with Crippen LogP contribution in [0.2, 0.25) is 0 Å². The van der Waals surface area contributed by atoms with Gasteiger partial charge in [0.05, 0.1) is 17.8 Å². The molecule has 118 valence electrons. The highest BCUT2D eigenvalue weighted by molar-refractivity contribution is 5.64. The molecule has 2 heterocycles. The average molecular weight is 317 g/mol. The van der Waals surface area contributed by atoms with E-state index in [0.29, 0.717) is 17.8 Å². The molecule has 0 fully saturated rings. The van der Waals surface area contributed by atoms with Crippen LogP contribution in [-0.4, -0.2) is 14.8 Å². The minimum atomic E-state index is -2.85. The Morgan fingerprint density at radius 1 is 1.22 bits per heavy atom. The molecule has 1 aromatic carbocycles. The Labute approximate surface area is 131 Å². The van der Waals surface area contributed by atoms with E-state index in [1.807, 2.05) is 25.3 Å². The molecule has 0 amide bonds. The third kappa shape index (κ3) is 3.26. The molecule has 0 N–H and O–H groups in total. The summed E-state index contributed by atoms with van der Waals surface area (Å²) in [7, 11) is 0. The molecule has 0 saturated carbocycles. The van der Waals surface area contributed by atoms with Crippen LogP contribution in [0.15, 0.2) is 48.9 Å². The summed E-state index contributed by atoms with van der Waals surface area (Å²) in [5.41, 5.74) is 2.22. The molecule has 3 aromatic rings. The van der Waals surface area contributed by atoms with Crippen LogP contribution < -0.4 is 0 Å². The summed E-state index contributed by atoms with van der Waals surface area (Å²) in [6.07, 6.45) is 2.36. The number of aryl methyl sites for hydroxylation is 1. The zero-order valence-corrected chi connectivity index (χ0v) is 12.4. The molecular formula is C17H14F3N3. The van der Waals surface area contributed by atoms with Crippen LogP contribution in [0.25, 0.3) is 11.3 Å². The molecule has 6 heteroatoms. The van der Waals surface area contributed by atoms with Gasteiger partial charge in [-0.15, -0.1) is 0 Å². The first-order chi connectivity index (χ1) is 11.0. The van der Waals surface area contributed by atoms with Gasteiger partial charge in [0, 0.05) is 24.2 Å². The van der Waals surface area contributed by atoms with E-state index < -0.39 is 17.8 Å². The fourth-order valence-electron chi connectivity index (χ4n) is 2.46. The van der Waals surface area contributed by atoms with Gasteiger partial charge in [-0.1, -0.05) is 6.07 Å². The van der Waals surface area contributed by atoms with Crippen molar-refractivity contribution in [2.45, 2.75) is 19.9 Å². The minimum Gasteiger partial charge on any atom is -0.268 e. The zero-order valence-electron chi connectivity index (χ0n) is 12.4. The largest absolute Gasteiger partial charge is 0.268 e. The Morgan fingerprint density at radius 3 is 2.70 bits per heavy atom. The van der Waals surface area contributed by atoms with Gasteiger partial charge in [-0.2, -0.15) is 5.10 Å². The predicted octanol–water partition coefficient (Wildman–Crippen LogP) is 4.38. The van der Waals surface area contributed by atoms with E-state index in [9.17, 15) is 13.2 Å². The SMILES string of the molecule is Cc1cc(Cn2cccn2)cnc1-c1ccc(F)c(C(F)F)c1. The fourth-order valence-corrected chi connectivity index (χ4v) is 2.46. The highest BCUT2D eigenvalue weighted by Gasteiger charge is 2.15. The topological polar surface area (TPSA) is 30.7 Å². The van der Waals surface area contributed by atoms with Crippen LogP contribution in [0.1, 0.15) is 23.1 Å². The Kier molecular flexibility index (Phi) is 4.14.